The minimum absolute atomic E-state index is 0.217. The molecule has 0 aliphatic heterocycles. The van der Waals surface area contributed by atoms with Crippen LogP contribution in [0.4, 0.5) is 11.5 Å². The second-order valence-corrected chi connectivity index (χ2v) is 9.61. The molecule has 9 heteroatoms. The predicted octanol–water partition coefficient (Wildman–Crippen LogP) is 6.83. The van der Waals surface area contributed by atoms with Crippen LogP contribution in [-0.4, -0.2) is 26.6 Å². The van der Waals surface area contributed by atoms with E-state index in [9.17, 15) is 4.79 Å². The molecule has 0 saturated heterocycles. The number of aromatic nitrogens is 3. The van der Waals surface area contributed by atoms with Gasteiger partial charge in [0.05, 0.1) is 16.4 Å². The van der Waals surface area contributed by atoms with Crippen LogP contribution in [0.3, 0.4) is 0 Å². The maximum absolute atomic E-state index is 12.5. The van der Waals surface area contributed by atoms with Gasteiger partial charge >= 0.3 is 0 Å². The topological polar surface area (TPSA) is 80.5 Å². The number of hydrogen-bond donors (Lipinski definition) is 2. The minimum atomic E-state index is -0.626. The zero-order valence-electron chi connectivity index (χ0n) is 19.9. The smallest absolute Gasteiger partial charge is 0.265 e. The van der Waals surface area contributed by atoms with E-state index in [-0.39, 0.29) is 5.91 Å². The Morgan fingerprint density at radius 3 is 2.54 bits per heavy atom. The number of rotatable bonds is 8. The molecule has 0 aliphatic carbocycles. The van der Waals surface area contributed by atoms with E-state index in [1.165, 1.54) is 0 Å². The van der Waals surface area contributed by atoms with Crippen molar-refractivity contribution >= 4 is 50.6 Å². The van der Waals surface area contributed by atoms with Gasteiger partial charge in [-0.1, -0.05) is 60.1 Å². The molecule has 7 nitrogen and oxygen atoms in total. The summed E-state index contributed by atoms with van der Waals surface area (Å²) < 4.78 is 8.23. The molecule has 5 rings (SSSR count). The van der Waals surface area contributed by atoms with Gasteiger partial charge in [-0.05, 0) is 58.7 Å². The van der Waals surface area contributed by atoms with E-state index < -0.39 is 6.10 Å². The van der Waals surface area contributed by atoms with Crippen molar-refractivity contribution in [3.05, 3.63) is 106 Å². The second-order valence-electron chi connectivity index (χ2n) is 8.35. The number of carbonyl (C=O) groups is 1. The van der Waals surface area contributed by atoms with E-state index in [1.54, 1.807) is 17.6 Å². The Morgan fingerprint density at radius 2 is 1.78 bits per heavy atom. The van der Waals surface area contributed by atoms with Gasteiger partial charge in [-0.15, -0.1) is 0 Å². The first-order valence-corrected chi connectivity index (χ1v) is 12.8. The molecule has 1 atom stereocenters. The summed E-state index contributed by atoms with van der Waals surface area (Å²) >= 11 is 9.96. The molecule has 0 saturated carbocycles. The normalized spacial score (nSPS) is 11.8. The summed E-state index contributed by atoms with van der Waals surface area (Å²) in [6.45, 7) is 2.26. The highest BCUT2D eigenvalue weighted by Crippen LogP contribution is 2.30. The zero-order chi connectivity index (χ0) is 25.8. The molecule has 0 spiro atoms. The third-order valence-corrected chi connectivity index (χ3v) is 6.59. The van der Waals surface area contributed by atoms with E-state index in [0.29, 0.717) is 28.7 Å². The standard InChI is InChI=1S/C28H23BrClN5O2/c1-18(37-21-7-3-2-4-8-21)28(36)33-20-13-11-19(12-14-20)16-31-26-15-25(22-9-5-6-10-24(22)30)34-27-23(29)17-32-35(26)27/h2-15,17-18,31H,16H2,1H3,(H,33,36). The van der Waals surface area contributed by atoms with Gasteiger partial charge in [0.1, 0.15) is 11.6 Å². The van der Waals surface area contributed by atoms with Crippen LogP contribution in [0.1, 0.15) is 12.5 Å². The van der Waals surface area contributed by atoms with Crippen LogP contribution >= 0.6 is 27.5 Å². The molecule has 0 radical (unpaired) electrons. The van der Waals surface area contributed by atoms with Gasteiger partial charge in [0.15, 0.2) is 11.8 Å². The van der Waals surface area contributed by atoms with Gasteiger partial charge in [0.25, 0.3) is 5.91 Å². The Morgan fingerprint density at radius 1 is 1.05 bits per heavy atom. The van der Waals surface area contributed by atoms with Gasteiger partial charge in [-0.25, -0.2) is 4.98 Å². The highest BCUT2D eigenvalue weighted by molar-refractivity contribution is 9.10. The number of hydrogen-bond acceptors (Lipinski definition) is 5. The quantitative estimate of drug-likeness (QED) is 0.212. The predicted molar refractivity (Wildman–Crippen MR) is 150 cm³/mol. The summed E-state index contributed by atoms with van der Waals surface area (Å²) in [5.41, 5.74) is 3.99. The van der Waals surface area contributed by atoms with Crippen LogP contribution in [0.2, 0.25) is 5.02 Å². The molecule has 186 valence electrons. The number of halogens is 2. The van der Waals surface area contributed by atoms with Crippen molar-refractivity contribution in [2.45, 2.75) is 19.6 Å². The molecule has 0 aliphatic rings. The summed E-state index contributed by atoms with van der Waals surface area (Å²) in [4.78, 5) is 17.3. The number of ether oxygens (including phenoxy) is 1. The van der Waals surface area contributed by atoms with Crippen molar-refractivity contribution < 1.29 is 9.53 Å². The average molecular weight is 577 g/mol. The number of nitrogens with zero attached hydrogens (tertiary/aromatic N) is 3. The van der Waals surface area contributed by atoms with Gasteiger partial charge in [-0.2, -0.15) is 9.61 Å². The van der Waals surface area contributed by atoms with Crippen LogP contribution in [0, 0.1) is 0 Å². The number of benzene rings is 3. The molecule has 2 aromatic heterocycles. The first kappa shape index (κ1) is 24.8. The summed E-state index contributed by atoms with van der Waals surface area (Å²) in [5.74, 6) is 1.21. The molecule has 1 unspecified atom stereocenters. The van der Waals surface area contributed by atoms with Crippen LogP contribution in [-0.2, 0) is 11.3 Å². The van der Waals surface area contributed by atoms with Crippen molar-refractivity contribution in [1.82, 2.24) is 14.6 Å². The fourth-order valence-corrected chi connectivity index (χ4v) is 4.35. The van der Waals surface area contributed by atoms with Crippen molar-refractivity contribution in [1.29, 1.82) is 0 Å². The zero-order valence-corrected chi connectivity index (χ0v) is 22.2. The van der Waals surface area contributed by atoms with E-state index >= 15 is 0 Å². The molecule has 0 fully saturated rings. The number of anilines is 2. The number of fused-ring (bicyclic) bond motifs is 1. The SMILES string of the molecule is CC(Oc1ccccc1)C(=O)Nc1ccc(CNc2cc(-c3ccccc3Cl)nc3c(Br)cnn23)cc1. The molecule has 5 aromatic rings. The minimum Gasteiger partial charge on any atom is -0.481 e. The molecule has 2 heterocycles. The molecule has 2 N–H and O–H groups in total. The number of amides is 1. The first-order chi connectivity index (χ1) is 18.0. The number of carbonyl (C=O) groups excluding carboxylic acids is 1. The monoisotopic (exact) mass is 575 g/mol. The average Bonchev–Trinajstić information content (AvgIpc) is 3.29. The first-order valence-electron chi connectivity index (χ1n) is 11.6. The molecule has 1 amide bonds. The van der Waals surface area contributed by atoms with Crippen LogP contribution in [0.15, 0.2) is 95.6 Å². The van der Waals surface area contributed by atoms with E-state index in [0.717, 1.165) is 27.1 Å². The van der Waals surface area contributed by atoms with Crippen LogP contribution in [0.25, 0.3) is 16.9 Å². The Hall–Kier alpha value is -3.88. The lowest BCUT2D eigenvalue weighted by atomic mass is 10.1. The van der Waals surface area contributed by atoms with Crippen LogP contribution < -0.4 is 15.4 Å². The van der Waals surface area contributed by atoms with Crippen molar-refractivity contribution in [3.8, 4) is 17.0 Å². The van der Waals surface area contributed by atoms with E-state index in [4.69, 9.17) is 21.3 Å². The lowest BCUT2D eigenvalue weighted by Crippen LogP contribution is -2.30. The number of nitrogens with one attached hydrogen (secondary N) is 2. The molecule has 37 heavy (non-hydrogen) atoms. The van der Waals surface area contributed by atoms with E-state index in [1.807, 2.05) is 84.9 Å². The maximum Gasteiger partial charge on any atom is 0.265 e. The molecule has 3 aromatic carbocycles. The van der Waals surface area contributed by atoms with Gasteiger partial charge in [-0.3, -0.25) is 4.79 Å². The third-order valence-electron chi connectivity index (χ3n) is 5.70. The lowest BCUT2D eigenvalue weighted by molar-refractivity contribution is -0.122. The number of para-hydroxylation sites is 1. The summed E-state index contributed by atoms with van der Waals surface area (Å²) in [6, 6.07) is 26.5. The molecule has 0 bridgehead atoms. The molecular formula is C28H23BrClN5O2. The highest BCUT2D eigenvalue weighted by Gasteiger charge is 2.15. The Kier molecular flexibility index (Phi) is 7.39. The maximum atomic E-state index is 12.5. The second kappa shape index (κ2) is 11.0. The summed E-state index contributed by atoms with van der Waals surface area (Å²) in [5, 5.41) is 11.4. The highest BCUT2D eigenvalue weighted by atomic mass is 79.9. The Bertz CT molecular complexity index is 1540. The largest absolute Gasteiger partial charge is 0.481 e. The van der Waals surface area contributed by atoms with Crippen LogP contribution in [0.5, 0.6) is 5.75 Å². The van der Waals surface area contributed by atoms with Crippen molar-refractivity contribution in [2.75, 3.05) is 10.6 Å². The Balaban J connectivity index is 1.27. The van der Waals surface area contributed by atoms with Gasteiger partial charge < -0.3 is 15.4 Å². The molecular weight excluding hydrogens is 554 g/mol. The fourth-order valence-electron chi connectivity index (χ4n) is 3.77. The third kappa shape index (κ3) is 5.76. The van der Waals surface area contributed by atoms with Crippen molar-refractivity contribution in [3.63, 3.8) is 0 Å². The van der Waals surface area contributed by atoms with Gasteiger partial charge in [0.2, 0.25) is 0 Å². The lowest BCUT2D eigenvalue weighted by Gasteiger charge is -2.15. The summed E-state index contributed by atoms with van der Waals surface area (Å²) in [6.07, 6.45) is 1.09. The van der Waals surface area contributed by atoms with Gasteiger partial charge in [0, 0.05) is 28.9 Å². The van der Waals surface area contributed by atoms with E-state index in [2.05, 4.69) is 31.7 Å². The fraction of sp³-hybridized carbons (Fsp3) is 0.107. The Labute approximate surface area is 227 Å². The summed E-state index contributed by atoms with van der Waals surface area (Å²) in [7, 11) is 0. The van der Waals surface area contributed by atoms with Crippen molar-refractivity contribution in [2.24, 2.45) is 0 Å².